The van der Waals surface area contributed by atoms with Crippen molar-refractivity contribution in [1.29, 1.82) is 0 Å². The van der Waals surface area contributed by atoms with E-state index in [0.29, 0.717) is 11.8 Å². The summed E-state index contributed by atoms with van der Waals surface area (Å²) in [6.45, 7) is 1.77. The number of aromatic carboxylic acids is 1. The molecule has 118 valence electrons. The lowest BCUT2D eigenvalue weighted by molar-refractivity contribution is 0.0696. The first-order chi connectivity index (χ1) is 11.2. The first kappa shape index (κ1) is 14.1. The van der Waals surface area contributed by atoms with Crippen molar-refractivity contribution in [1.82, 2.24) is 4.98 Å². The number of rotatable bonds is 4. The van der Waals surface area contributed by atoms with E-state index in [4.69, 9.17) is 4.74 Å². The van der Waals surface area contributed by atoms with Crippen LogP contribution >= 0.6 is 0 Å². The van der Waals surface area contributed by atoms with Crippen LogP contribution in [0, 0.1) is 5.92 Å². The predicted molar refractivity (Wildman–Crippen MR) is 86.1 cm³/mol. The lowest BCUT2D eigenvalue weighted by Gasteiger charge is -2.30. The molecular weight excluding hydrogens is 292 g/mol. The van der Waals surface area contributed by atoms with Crippen LogP contribution in [-0.2, 0) is 6.54 Å². The maximum Gasteiger partial charge on any atom is 0.337 e. The Morgan fingerprint density at radius 3 is 2.87 bits per heavy atom. The van der Waals surface area contributed by atoms with E-state index in [2.05, 4.69) is 22.0 Å². The van der Waals surface area contributed by atoms with Crippen molar-refractivity contribution in [3.63, 3.8) is 0 Å². The molecule has 2 atom stereocenters. The third-order valence-electron chi connectivity index (χ3n) is 4.75. The largest absolute Gasteiger partial charge is 0.497 e. The van der Waals surface area contributed by atoms with Crippen LogP contribution in [0.5, 0.6) is 5.75 Å². The highest BCUT2D eigenvalue weighted by Gasteiger charge is 2.45. The number of carboxylic acid groups (broad SMARTS) is 1. The maximum absolute atomic E-state index is 11.2. The van der Waals surface area contributed by atoms with Crippen LogP contribution in [0.25, 0.3) is 0 Å². The average molecular weight is 310 g/mol. The molecule has 5 nitrogen and oxygen atoms in total. The van der Waals surface area contributed by atoms with Crippen molar-refractivity contribution >= 4 is 11.8 Å². The van der Waals surface area contributed by atoms with Crippen LogP contribution in [0.2, 0.25) is 0 Å². The Morgan fingerprint density at radius 1 is 1.39 bits per heavy atom. The summed E-state index contributed by atoms with van der Waals surface area (Å²) in [5, 5.41) is 9.17. The Kier molecular flexibility index (Phi) is 3.22. The number of hydrogen-bond acceptors (Lipinski definition) is 4. The summed E-state index contributed by atoms with van der Waals surface area (Å²) in [4.78, 5) is 17.9. The van der Waals surface area contributed by atoms with E-state index in [9.17, 15) is 9.90 Å². The number of pyridine rings is 1. The summed E-state index contributed by atoms with van der Waals surface area (Å²) in [7, 11) is 1.66. The van der Waals surface area contributed by atoms with Gasteiger partial charge >= 0.3 is 5.97 Å². The molecule has 1 aliphatic heterocycles. The van der Waals surface area contributed by atoms with E-state index in [-0.39, 0.29) is 5.56 Å². The van der Waals surface area contributed by atoms with E-state index in [1.54, 1.807) is 13.2 Å². The lowest BCUT2D eigenvalue weighted by Crippen LogP contribution is -2.30. The number of hydrogen-bond donors (Lipinski definition) is 1. The fraction of sp³-hybridized carbons (Fsp3) is 0.333. The summed E-state index contributed by atoms with van der Waals surface area (Å²) in [5.41, 5.74) is 2.57. The van der Waals surface area contributed by atoms with Gasteiger partial charge in [-0.1, -0.05) is 12.1 Å². The Bertz CT molecular complexity index is 757. The highest BCUT2D eigenvalue weighted by atomic mass is 16.5. The van der Waals surface area contributed by atoms with Crippen molar-refractivity contribution < 1.29 is 14.6 Å². The molecule has 4 rings (SSSR count). The topological polar surface area (TPSA) is 62.7 Å². The van der Waals surface area contributed by atoms with E-state index >= 15 is 0 Å². The molecule has 0 saturated heterocycles. The number of ether oxygens (including phenoxy) is 1. The summed E-state index contributed by atoms with van der Waals surface area (Å²) in [6, 6.07) is 9.84. The number of aromatic nitrogens is 1. The lowest BCUT2D eigenvalue weighted by atomic mass is 10.0. The van der Waals surface area contributed by atoms with Crippen molar-refractivity contribution in [3.05, 3.63) is 53.2 Å². The van der Waals surface area contributed by atoms with Gasteiger partial charge in [-0.05, 0) is 47.6 Å². The molecule has 1 saturated carbocycles. The highest BCUT2D eigenvalue weighted by Crippen LogP contribution is 2.54. The molecule has 0 radical (unpaired) electrons. The molecule has 1 aromatic heterocycles. The van der Waals surface area contributed by atoms with Gasteiger partial charge in [-0.3, -0.25) is 0 Å². The monoisotopic (exact) mass is 310 g/mol. The molecule has 0 spiro atoms. The summed E-state index contributed by atoms with van der Waals surface area (Å²) < 4.78 is 5.19. The second-order valence-corrected chi connectivity index (χ2v) is 6.27. The van der Waals surface area contributed by atoms with Gasteiger partial charge in [0.25, 0.3) is 0 Å². The SMILES string of the molecule is COc1ccc(CN2CC3CC3c3cc(C(=O)O)cnc32)cc1. The van der Waals surface area contributed by atoms with E-state index < -0.39 is 5.97 Å². The Hall–Kier alpha value is -2.56. The Balaban J connectivity index is 1.62. The number of carboxylic acids is 1. The minimum Gasteiger partial charge on any atom is -0.497 e. The zero-order chi connectivity index (χ0) is 16.0. The van der Waals surface area contributed by atoms with Crippen molar-refractivity contribution in [2.45, 2.75) is 18.9 Å². The summed E-state index contributed by atoms with van der Waals surface area (Å²) in [6.07, 6.45) is 2.60. The average Bonchev–Trinajstić information content (AvgIpc) is 3.35. The second kappa shape index (κ2) is 5.26. The van der Waals surface area contributed by atoms with Gasteiger partial charge in [0.15, 0.2) is 0 Å². The van der Waals surface area contributed by atoms with Crippen LogP contribution < -0.4 is 9.64 Å². The van der Waals surface area contributed by atoms with Gasteiger partial charge in [0.05, 0.1) is 12.7 Å². The zero-order valence-electron chi connectivity index (χ0n) is 12.9. The number of fused-ring (bicyclic) bond motifs is 3. The summed E-state index contributed by atoms with van der Waals surface area (Å²) >= 11 is 0. The van der Waals surface area contributed by atoms with Gasteiger partial charge in [-0.15, -0.1) is 0 Å². The van der Waals surface area contributed by atoms with Crippen LogP contribution in [0.4, 0.5) is 5.82 Å². The molecule has 0 bridgehead atoms. The van der Waals surface area contributed by atoms with E-state index in [1.807, 2.05) is 12.1 Å². The summed E-state index contributed by atoms with van der Waals surface area (Å²) in [5.74, 6) is 1.99. The standard InChI is InChI=1S/C18H18N2O3/c1-23-14-4-2-11(3-5-14)9-20-10-13-7-15(13)16-6-12(18(21)22)8-19-17(16)20/h2-6,8,13,15H,7,9-10H2,1H3,(H,21,22). The van der Waals surface area contributed by atoms with E-state index in [1.165, 1.54) is 11.8 Å². The fourth-order valence-corrected chi connectivity index (χ4v) is 3.42. The van der Waals surface area contributed by atoms with Crippen LogP contribution in [0.3, 0.4) is 0 Å². The molecule has 2 aromatic rings. The highest BCUT2D eigenvalue weighted by molar-refractivity contribution is 5.88. The molecule has 5 heteroatoms. The minimum absolute atomic E-state index is 0.278. The predicted octanol–water partition coefficient (Wildman–Crippen LogP) is 2.91. The molecule has 1 aromatic carbocycles. The molecule has 1 aliphatic carbocycles. The molecule has 2 unspecified atom stereocenters. The number of anilines is 1. The first-order valence-electron chi connectivity index (χ1n) is 7.77. The molecular formula is C18H18N2O3. The normalized spacial score (nSPS) is 21.3. The molecule has 0 amide bonds. The van der Waals surface area contributed by atoms with E-state index in [0.717, 1.165) is 36.6 Å². The third-order valence-corrected chi connectivity index (χ3v) is 4.75. The molecule has 2 heterocycles. The van der Waals surface area contributed by atoms with Gasteiger partial charge in [-0.2, -0.15) is 0 Å². The van der Waals surface area contributed by atoms with Gasteiger partial charge < -0.3 is 14.7 Å². The quantitative estimate of drug-likeness (QED) is 0.941. The van der Waals surface area contributed by atoms with Gasteiger partial charge in [-0.25, -0.2) is 9.78 Å². The number of carbonyl (C=O) groups is 1. The van der Waals surface area contributed by atoms with Crippen LogP contribution in [0.1, 0.15) is 33.8 Å². The zero-order valence-corrected chi connectivity index (χ0v) is 12.9. The smallest absolute Gasteiger partial charge is 0.337 e. The van der Waals surface area contributed by atoms with Crippen molar-refractivity contribution in [2.75, 3.05) is 18.6 Å². The van der Waals surface area contributed by atoms with Gasteiger partial charge in [0, 0.05) is 19.3 Å². The van der Waals surface area contributed by atoms with Crippen LogP contribution in [-0.4, -0.2) is 29.7 Å². The molecule has 1 N–H and O–H groups in total. The van der Waals surface area contributed by atoms with Gasteiger partial charge in [0.1, 0.15) is 11.6 Å². The third kappa shape index (κ3) is 2.52. The maximum atomic E-state index is 11.2. The van der Waals surface area contributed by atoms with Crippen molar-refractivity contribution in [2.24, 2.45) is 5.92 Å². The second-order valence-electron chi connectivity index (χ2n) is 6.27. The number of nitrogens with zero attached hydrogens (tertiary/aromatic N) is 2. The Labute approximate surface area is 134 Å². The Morgan fingerprint density at radius 2 is 2.17 bits per heavy atom. The van der Waals surface area contributed by atoms with Crippen LogP contribution in [0.15, 0.2) is 36.5 Å². The first-order valence-corrected chi connectivity index (χ1v) is 7.77. The fourth-order valence-electron chi connectivity index (χ4n) is 3.42. The minimum atomic E-state index is -0.912. The van der Waals surface area contributed by atoms with Crippen molar-refractivity contribution in [3.8, 4) is 5.75 Å². The number of methoxy groups -OCH3 is 1. The number of benzene rings is 1. The molecule has 23 heavy (non-hydrogen) atoms. The van der Waals surface area contributed by atoms with Gasteiger partial charge in [0.2, 0.25) is 0 Å². The molecule has 1 fully saturated rings. The molecule has 2 aliphatic rings.